The second kappa shape index (κ2) is 6.94. The quantitative estimate of drug-likeness (QED) is 0.680. The highest BCUT2D eigenvalue weighted by atomic mass is 16.3. The third-order valence-electron chi connectivity index (χ3n) is 4.81. The van der Waals surface area contributed by atoms with Gasteiger partial charge in [0.25, 0.3) is 0 Å². The first-order valence-corrected chi connectivity index (χ1v) is 8.84. The summed E-state index contributed by atoms with van der Waals surface area (Å²) >= 11 is 0. The van der Waals surface area contributed by atoms with Crippen molar-refractivity contribution in [2.75, 3.05) is 4.90 Å². The topological polar surface area (TPSA) is 67.8 Å². The van der Waals surface area contributed by atoms with Gasteiger partial charge in [0.05, 0.1) is 6.17 Å². The number of rotatable bonds is 4. The fourth-order valence-corrected chi connectivity index (χ4v) is 3.36. The predicted molar refractivity (Wildman–Crippen MR) is 101 cm³/mol. The molecule has 2 unspecified atom stereocenters. The summed E-state index contributed by atoms with van der Waals surface area (Å²) in [6.07, 6.45) is 0.807. The maximum Gasteiger partial charge on any atom is 0.125 e. The van der Waals surface area contributed by atoms with Crippen LogP contribution in [0, 0.1) is 6.92 Å². The first-order chi connectivity index (χ1) is 11.9. The molecular weight excluding hydrogens is 314 g/mol. The van der Waals surface area contributed by atoms with E-state index in [1.165, 1.54) is 11.6 Å². The molecule has 3 rings (SSSR count). The number of nitrogens with one attached hydrogen (secondary N) is 2. The zero-order chi connectivity index (χ0) is 18.1. The molecule has 2 aromatic rings. The molecule has 1 aliphatic heterocycles. The zero-order valence-corrected chi connectivity index (χ0v) is 15.2. The van der Waals surface area contributed by atoms with Gasteiger partial charge in [0.15, 0.2) is 0 Å². The van der Waals surface area contributed by atoms with Gasteiger partial charge in [-0.2, -0.15) is 0 Å². The minimum Gasteiger partial charge on any atom is -0.508 e. The molecule has 1 aliphatic rings. The third-order valence-corrected chi connectivity index (χ3v) is 4.81. The van der Waals surface area contributed by atoms with Gasteiger partial charge in [0, 0.05) is 17.3 Å². The van der Waals surface area contributed by atoms with Crippen LogP contribution >= 0.6 is 0 Å². The van der Waals surface area contributed by atoms with E-state index in [4.69, 9.17) is 0 Å². The molecule has 25 heavy (non-hydrogen) atoms. The van der Waals surface area contributed by atoms with Crippen LogP contribution in [0.1, 0.15) is 56.0 Å². The zero-order valence-electron chi connectivity index (χ0n) is 15.2. The lowest BCUT2D eigenvalue weighted by Gasteiger charge is -2.31. The van der Waals surface area contributed by atoms with Crippen molar-refractivity contribution in [3.8, 4) is 11.5 Å². The van der Waals surface area contributed by atoms with Gasteiger partial charge < -0.3 is 15.1 Å². The molecular formula is C20H27N3O2. The molecule has 2 aromatic carbocycles. The Bertz CT molecular complexity index is 743. The maximum atomic E-state index is 10.5. The van der Waals surface area contributed by atoms with Crippen LogP contribution in [0.3, 0.4) is 0 Å². The Balaban J connectivity index is 2.05. The number of nitrogens with zero attached hydrogens (tertiary/aromatic N) is 1. The summed E-state index contributed by atoms with van der Waals surface area (Å²) in [5, 5.41) is 20.6. The van der Waals surface area contributed by atoms with Crippen molar-refractivity contribution in [3.05, 3.63) is 53.1 Å². The summed E-state index contributed by atoms with van der Waals surface area (Å²) in [6.45, 7) is 8.25. The molecule has 4 N–H and O–H groups in total. The van der Waals surface area contributed by atoms with Gasteiger partial charge in [-0.25, -0.2) is 10.9 Å². The molecule has 0 bridgehead atoms. The summed E-state index contributed by atoms with van der Waals surface area (Å²) in [5.41, 5.74) is 10.5. The molecule has 1 saturated heterocycles. The van der Waals surface area contributed by atoms with Gasteiger partial charge in [-0.3, -0.25) is 0 Å². The number of aryl methyl sites for hydroxylation is 1. The number of hydrazine groups is 1. The summed E-state index contributed by atoms with van der Waals surface area (Å²) in [5.74, 6) is 0.398. The Morgan fingerprint density at radius 3 is 2.32 bits per heavy atom. The first kappa shape index (κ1) is 17.6. The van der Waals surface area contributed by atoms with E-state index in [9.17, 15) is 10.2 Å². The largest absolute Gasteiger partial charge is 0.508 e. The van der Waals surface area contributed by atoms with Crippen molar-refractivity contribution in [2.24, 2.45) is 0 Å². The average Bonchev–Trinajstić information content (AvgIpc) is 2.99. The second-order valence-electron chi connectivity index (χ2n) is 6.98. The lowest BCUT2D eigenvalue weighted by atomic mass is 9.97. The first-order valence-electron chi connectivity index (χ1n) is 8.84. The SMILES string of the molecule is CCC1NNC(c2cc(C(C)C)c(O)cc2O)N1c1ccc(C)cc1. The summed E-state index contributed by atoms with van der Waals surface area (Å²) in [4.78, 5) is 2.23. The standard InChI is InChI=1S/C20H27N3O2/c1-5-19-21-22-20(23(19)14-8-6-13(4)7-9-14)16-10-15(12(2)3)17(24)11-18(16)25/h6-12,19-22,24-25H,5H2,1-4H3. The number of hydrogen-bond acceptors (Lipinski definition) is 5. The van der Waals surface area contributed by atoms with E-state index >= 15 is 0 Å². The summed E-state index contributed by atoms with van der Waals surface area (Å²) < 4.78 is 0. The molecule has 5 heteroatoms. The van der Waals surface area contributed by atoms with E-state index in [0.29, 0.717) is 0 Å². The van der Waals surface area contributed by atoms with Crippen LogP contribution in [-0.4, -0.2) is 16.4 Å². The van der Waals surface area contributed by atoms with Crippen LogP contribution in [0.4, 0.5) is 5.69 Å². The Morgan fingerprint density at radius 2 is 1.72 bits per heavy atom. The van der Waals surface area contributed by atoms with Crippen molar-refractivity contribution in [1.82, 2.24) is 10.9 Å². The Hall–Kier alpha value is -2.24. The molecule has 1 fully saturated rings. The molecule has 5 nitrogen and oxygen atoms in total. The number of benzene rings is 2. The highest BCUT2D eigenvalue weighted by Gasteiger charge is 2.35. The Labute approximate surface area is 149 Å². The smallest absolute Gasteiger partial charge is 0.125 e. The normalized spacial score (nSPS) is 20.4. The third kappa shape index (κ3) is 3.30. The predicted octanol–water partition coefficient (Wildman–Crippen LogP) is 3.88. The van der Waals surface area contributed by atoms with E-state index in [-0.39, 0.29) is 29.7 Å². The van der Waals surface area contributed by atoms with E-state index in [0.717, 1.165) is 23.2 Å². The van der Waals surface area contributed by atoms with Crippen molar-refractivity contribution in [3.63, 3.8) is 0 Å². The van der Waals surface area contributed by atoms with Gasteiger partial charge in [0.2, 0.25) is 0 Å². The average molecular weight is 341 g/mol. The lowest BCUT2D eigenvalue weighted by molar-refractivity contribution is 0.431. The minimum atomic E-state index is -0.217. The Morgan fingerprint density at radius 1 is 1.04 bits per heavy atom. The van der Waals surface area contributed by atoms with Gasteiger partial charge >= 0.3 is 0 Å². The van der Waals surface area contributed by atoms with Crippen LogP contribution in [-0.2, 0) is 0 Å². The van der Waals surface area contributed by atoms with Crippen molar-refractivity contribution < 1.29 is 10.2 Å². The van der Waals surface area contributed by atoms with Crippen LogP contribution in [0.15, 0.2) is 36.4 Å². The molecule has 0 aliphatic carbocycles. The van der Waals surface area contributed by atoms with Gasteiger partial charge in [0.1, 0.15) is 17.7 Å². The number of aromatic hydroxyl groups is 2. The summed E-state index contributed by atoms with van der Waals surface area (Å²) in [7, 11) is 0. The second-order valence-corrected chi connectivity index (χ2v) is 6.98. The van der Waals surface area contributed by atoms with E-state index < -0.39 is 0 Å². The lowest BCUT2D eigenvalue weighted by Crippen LogP contribution is -2.36. The molecule has 134 valence electrons. The number of phenolic OH excluding ortho intramolecular Hbond substituents is 2. The molecule has 0 spiro atoms. The molecule has 2 atom stereocenters. The molecule has 0 saturated carbocycles. The van der Waals surface area contributed by atoms with Crippen molar-refractivity contribution in [2.45, 2.75) is 52.4 Å². The van der Waals surface area contributed by atoms with Crippen molar-refractivity contribution >= 4 is 5.69 Å². The molecule has 0 amide bonds. The Kier molecular flexibility index (Phi) is 4.88. The number of phenols is 2. The highest BCUT2D eigenvalue weighted by Crippen LogP contribution is 2.39. The van der Waals surface area contributed by atoms with E-state index in [1.54, 1.807) is 0 Å². The minimum absolute atomic E-state index is 0.0927. The summed E-state index contributed by atoms with van der Waals surface area (Å²) in [6, 6.07) is 11.7. The number of hydrogen-bond donors (Lipinski definition) is 4. The fourth-order valence-electron chi connectivity index (χ4n) is 3.36. The van der Waals surface area contributed by atoms with Crippen LogP contribution < -0.4 is 15.8 Å². The molecule has 0 radical (unpaired) electrons. The fraction of sp³-hybridized carbons (Fsp3) is 0.400. The molecule has 1 heterocycles. The van der Waals surface area contributed by atoms with Gasteiger partial charge in [-0.05, 0) is 43.0 Å². The maximum absolute atomic E-state index is 10.5. The number of anilines is 1. The van der Waals surface area contributed by atoms with Gasteiger partial charge in [-0.1, -0.05) is 38.5 Å². The van der Waals surface area contributed by atoms with E-state index in [1.807, 2.05) is 19.9 Å². The van der Waals surface area contributed by atoms with Crippen LogP contribution in [0.2, 0.25) is 0 Å². The van der Waals surface area contributed by atoms with Crippen LogP contribution in [0.5, 0.6) is 11.5 Å². The van der Waals surface area contributed by atoms with Crippen molar-refractivity contribution in [1.29, 1.82) is 0 Å². The monoisotopic (exact) mass is 341 g/mol. The highest BCUT2D eigenvalue weighted by molar-refractivity contribution is 5.55. The van der Waals surface area contributed by atoms with E-state index in [2.05, 4.69) is 53.9 Å². The molecule has 0 aromatic heterocycles. The van der Waals surface area contributed by atoms with Gasteiger partial charge in [-0.15, -0.1) is 0 Å². The van der Waals surface area contributed by atoms with Crippen LogP contribution in [0.25, 0.3) is 0 Å².